The van der Waals surface area contributed by atoms with Crippen LogP contribution in [-0.4, -0.2) is 32.9 Å². The maximum atomic E-state index is 11.2. The van der Waals surface area contributed by atoms with E-state index in [4.69, 9.17) is 9.47 Å². The van der Waals surface area contributed by atoms with Gasteiger partial charge in [-0.2, -0.15) is 0 Å². The van der Waals surface area contributed by atoms with Crippen LogP contribution in [0, 0.1) is 0 Å². The zero-order valence-electron chi connectivity index (χ0n) is 11.8. The van der Waals surface area contributed by atoms with Crippen molar-refractivity contribution in [3.05, 3.63) is 24.3 Å². The molecule has 0 aliphatic carbocycles. The van der Waals surface area contributed by atoms with Gasteiger partial charge >= 0.3 is 5.97 Å². The molecule has 1 aliphatic heterocycles. The molecule has 0 aromatic rings. The first-order valence-corrected chi connectivity index (χ1v) is 10.3. The third kappa shape index (κ3) is 5.64. The Balaban J connectivity index is 2.52. The Kier molecular flexibility index (Phi) is 5.82. The molecule has 0 aromatic heterocycles. The van der Waals surface area contributed by atoms with Crippen LogP contribution in [0.2, 0.25) is 25.7 Å². The van der Waals surface area contributed by atoms with E-state index in [1.165, 1.54) is 6.08 Å². The van der Waals surface area contributed by atoms with E-state index in [1.807, 2.05) is 12.2 Å². The first-order chi connectivity index (χ1) is 8.42. The van der Waals surface area contributed by atoms with Crippen molar-refractivity contribution in [1.82, 2.24) is 0 Å². The van der Waals surface area contributed by atoms with Crippen LogP contribution in [-0.2, 0) is 14.3 Å². The average molecular weight is 268 g/mol. The SMILES string of the molecule is CC/C=C/[C@H]1OC(=O)C=C[C@H]1OCC[Si](C)(C)C. The van der Waals surface area contributed by atoms with Crippen molar-refractivity contribution in [1.29, 1.82) is 0 Å². The maximum Gasteiger partial charge on any atom is 0.331 e. The molecule has 0 spiro atoms. The summed E-state index contributed by atoms with van der Waals surface area (Å²) in [5.74, 6) is -0.286. The summed E-state index contributed by atoms with van der Waals surface area (Å²) in [4.78, 5) is 11.2. The minimum Gasteiger partial charge on any atom is -0.452 e. The Bertz CT molecular complexity index is 328. The van der Waals surface area contributed by atoms with Crippen molar-refractivity contribution in [3.8, 4) is 0 Å². The second-order valence-electron chi connectivity index (χ2n) is 5.74. The van der Waals surface area contributed by atoms with Crippen LogP contribution < -0.4 is 0 Å². The van der Waals surface area contributed by atoms with Gasteiger partial charge in [-0.3, -0.25) is 0 Å². The van der Waals surface area contributed by atoms with Crippen LogP contribution in [0.5, 0.6) is 0 Å². The van der Waals surface area contributed by atoms with Crippen molar-refractivity contribution in [3.63, 3.8) is 0 Å². The lowest BCUT2D eigenvalue weighted by Gasteiger charge is -2.26. The molecular formula is C14H24O3Si. The van der Waals surface area contributed by atoms with Crippen LogP contribution in [0.15, 0.2) is 24.3 Å². The molecular weight excluding hydrogens is 244 g/mol. The number of esters is 1. The monoisotopic (exact) mass is 268 g/mol. The molecule has 1 rings (SSSR count). The number of rotatable bonds is 6. The fourth-order valence-electron chi connectivity index (χ4n) is 1.59. The molecule has 0 saturated carbocycles. The summed E-state index contributed by atoms with van der Waals surface area (Å²) >= 11 is 0. The predicted octanol–water partition coefficient (Wildman–Crippen LogP) is 3.16. The highest BCUT2D eigenvalue weighted by atomic mass is 28.3. The molecule has 0 unspecified atom stereocenters. The molecule has 18 heavy (non-hydrogen) atoms. The molecule has 0 saturated heterocycles. The van der Waals surface area contributed by atoms with Crippen molar-refractivity contribution in [2.75, 3.05) is 6.61 Å². The summed E-state index contributed by atoms with van der Waals surface area (Å²) < 4.78 is 11.1. The fraction of sp³-hybridized carbons (Fsp3) is 0.643. The van der Waals surface area contributed by atoms with Gasteiger partial charge in [-0.25, -0.2) is 4.79 Å². The van der Waals surface area contributed by atoms with E-state index in [9.17, 15) is 4.79 Å². The number of allylic oxidation sites excluding steroid dienone is 1. The minimum atomic E-state index is -1.08. The minimum absolute atomic E-state index is 0.137. The van der Waals surface area contributed by atoms with Crippen molar-refractivity contribution in [2.45, 2.75) is 51.2 Å². The van der Waals surface area contributed by atoms with Gasteiger partial charge in [0.1, 0.15) is 12.2 Å². The summed E-state index contributed by atoms with van der Waals surface area (Å²) in [5.41, 5.74) is 0. The van der Waals surface area contributed by atoms with E-state index in [0.29, 0.717) is 0 Å². The van der Waals surface area contributed by atoms with Crippen LogP contribution in [0.25, 0.3) is 0 Å². The third-order valence-electron chi connectivity index (χ3n) is 2.72. The largest absolute Gasteiger partial charge is 0.452 e. The van der Waals surface area contributed by atoms with Gasteiger partial charge < -0.3 is 9.47 Å². The zero-order chi connectivity index (χ0) is 13.6. The molecule has 3 nitrogen and oxygen atoms in total. The van der Waals surface area contributed by atoms with Gasteiger partial charge in [0.05, 0.1) is 0 Å². The smallest absolute Gasteiger partial charge is 0.331 e. The van der Waals surface area contributed by atoms with Gasteiger partial charge in [-0.05, 0) is 24.6 Å². The Morgan fingerprint density at radius 3 is 2.78 bits per heavy atom. The summed E-state index contributed by atoms with van der Waals surface area (Å²) in [6.07, 6.45) is 7.70. The molecule has 1 heterocycles. The highest BCUT2D eigenvalue weighted by molar-refractivity contribution is 6.76. The third-order valence-corrected chi connectivity index (χ3v) is 4.43. The number of carbonyl (C=O) groups excluding carboxylic acids is 1. The van der Waals surface area contributed by atoms with Gasteiger partial charge in [0.2, 0.25) is 0 Å². The van der Waals surface area contributed by atoms with Crippen LogP contribution >= 0.6 is 0 Å². The van der Waals surface area contributed by atoms with E-state index in [2.05, 4.69) is 26.6 Å². The van der Waals surface area contributed by atoms with E-state index in [-0.39, 0.29) is 18.2 Å². The second-order valence-corrected chi connectivity index (χ2v) is 11.4. The first-order valence-electron chi connectivity index (χ1n) is 6.59. The summed E-state index contributed by atoms with van der Waals surface area (Å²) in [5, 5.41) is 0. The first kappa shape index (κ1) is 15.2. The number of carbonyl (C=O) groups is 1. The van der Waals surface area contributed by atoms with Crippen LogP contribution in [0.4, 0.5) is 0 Å². The van der Waals surface area contributed by atoms with Crippen LogP contribution in [0.1, 0.15) is 13.3 Å². The van der Waals surface area contributed by atoms with Crippen molar-refractivity contribution in [2.24, 2.45) is 0 Å². The quantitative estimate of drug-likeness (QED) is 0.422. The topological polar surface area (TPSA) is 35.5 Å². The van der Waals surface area contributed by atoms with Crippen molar-refractivity contribution < 1.29 is 14.3 Å². The van der Waals surface area contributed by atoms with E-state index >= 15 is 0 Å². The molecule has 4 heteroatoms. The van der Waals surface area contributed by atoms with Crippen molar-refractivity contribution >= 4 is 14.0 Å². The van der Waals surface area contributed by atoms with Gasteiger partial charge in [-0.1, -0.05) is 32.6 Å². The molecule has 0 radical (unpaired) electrons. The summed E-state index contributed by atoms with van der Waals surface area (Å²) in [6, 6.07) is 1.12. The lowest BCUT2D eigenvalue weighted by atomic mass is 10.1. The van der Waals surface area contributed by atoms with Gasteiger partial charge in [0, 0.05) is 20.8 Å². The molecule has 2 atom stereocenters. The lowest BCUT2D eigenvalue weighted by Crippen LogP contribution is -2.35. The van der Waals surface area contributed by atoms with Crippen LogP contribution in [0.3, 0.4) is 0 Å². The molecule has 102 valence electrons. The Labute approximate surface area is 111 Å². The molecule has 0 amide bonds. The van der Waals surface area contributed by atoms with E-state index in [0.717, 1.165) is 19.1 Å². The number of hydrogen-bond acceptors (Lipinski definition) is 3. The van der Waals surface area contributed by atoms with Gasteiger partial charge in [0.15, 0.2) is 0 Å². The Morgan fingerprint density at radius 1 is 1.44 bits per heavy atom. The van der Waals surface area contributed by atoms with Gasteiger partial charge in [0.25, 0.3) is 0 Å². The highest BCUT2D eigenvalue weighted by Gasteiger charge is 2.25. The molecule has 0 bridgehead atoms. The summed E-state index contributed by atoms with van der Waals surface area (Å²) in [6.45, 7) is 9.75. The number of ether oxygens (including phenoxy) is 2. The highest BCUT2D eigenvalue weighted by Crippen LogP contribution is 2.16. The maximum absolute atomic E-state index is 11.2. The second kappa shape index (κ2) is 6.90. The molecule has 0 N–H and O–H groups in total. The standard InChI is InChI=1S/C14H24O3Si/c1-5-6-7-13-12(8-9-14(15)17-13)16-10-11-18(2,3)4/h6-9,12-13H,5,10-11H2,1-4H3/b7-6+/t12-,13-/m1/s1. The fourth-order valence-corrected chi connectivity index (χ4v) is 2.32. The zero-order valence-corrected chi connectivity index (χ0v) is 12.8. The Morgan fingerprint density at radius 2 is 2.17 bits per heavy atom. The average Bonchev–Trinajstić information content (AvgIpc) is 2.27. The van der Waals surface area contributed by atoms with E-state index in [1.54, 1.807) is 6.08 Å². The van der Waals surface area contributed by atoms with E-state index < -0.39 is 8.07 Å². The van der Waals surface area contributed by atoms with Gasteiger partial charge in [-0.15, -0.1) is 0 Å². The lowest BCUT2D eigenvalue weighted by molar-refractivity contribution is -0.147. The molecule has 0 aromatic carbocycles. The predicted molar refractivity (Wildman–Crippen MR) is 76.3 cm³/mol. The molecule has 1 aliphatic rings. The number of hydrogen-bond donors (Lipinski definition) is 0. The number of cyclic esters (lactones) is 1. The Hall–Kier alpha value is -0.873. The normalized spacial score (nSPS) is 24.6. The summed E-state index contributed by atoms with van der Waals surface area (Å²) in [7, 11) is -1.08. The molecule has 0 fully saturated rings.